The van der Waals surface area contributed by atoms with E-state index in [2.05, 4.69) is 9.37 Å². The Hall–Kier alpha value is -1.47. The third-order valence-electron chi connectivity index (χ3n) is 2.63. The fourth-order valence-corrected chi connectivity index (χ4v) is 2.28. The number of ether oxygens (including phenoxy) is 2. The van der Waals surface area contributed by atoms with Crippen LogP contribution in [0.25, 0.3) is 10.8 Å². The molecule has 20 heavy (non-hydrogen) atoms. The standard InChI is InChI=1S/C14H16O5S/c1-3-16-13-8-10-5-6-12(20-19-18-15)7-11(10)9-14(13)17-4-2/h5-9,15H,3-4H2,1-2H3. The Labute approximate surface area is 121 Å². The molecule has 0 aromatic heterocycles. The van der Waals surface area contributed by atoms with Gasteiger partial charge < -0.3 is 9.47 Å². The third kappa shape index (κ3) is 3.55. The van der Waals surface area contributed by atoms with Gasteiger partial charge in [-0.25, -0.2) is 5.26 Å². The molecule has 0 bridgehead atoms. The maximum atomic E-state index is 8.17. The van der Waals surface area contributed by atoms with Gasteiger partial charge in [-0.1, -0.05) is 11.1 Å². The Kier molecular flexibility index (Phi) is 5.49. The van der Waals surface area contributed by atoms with E-state index >= 15 is 0 Å². The molecule has 108 valence electrons. The van der Waals surface area contributed by atoms with Crippen molar-refractivity contribution < 1.29 is 24.1 Å². The lowest BCUT2D eigenvalue weighted by molar-refractivity contribution is -0.432. The van der Waals surface area contributed by atoms with Crippen LogP contribution < -0.4 is 9.47 Å². The minimum absolute atomic E-state index is 0.571. The van der Waals surface area contributed by atoms with Gasteiger partial charge in [0, 0.05) is 4.90 Å². The van der Waals surface area contributed by atoms with E-state index in [-0.39, 0.29) is 0 Å². The van der Waals surface area contributed by atoms with Gasteiger partial charge in [0.2, 0.25) is 0 Å². The molecule has 0 saturated heterocycles. The van der Waals surface area contributed by atoms with E-state index in [1.165, 1.54) is 0 Å². The largest absolute Gasteiger partial charge is 0.490 e. The average Bonchev–Trinajstić information content (AvgIpc) is 2.46. The molecule has 0 fully saturated rings. The molecule has 0 heterocycles. The van der Waals surface area contributed by atoms with Crippen molar-refractivity contribution in [1.29, 1.82) is 0 Å². The zero-order valence-electron chi connectivity index (χ0n) is 11.3. The maximum Gasteiger partial charge on any atom is 0.161 e. The van der Waals surface area contributed by atoms with Gasteiger partial charge in [0.1, 0.15) is 0 Å². The van der Waals surface area contributed by atoms with Gasteiger partial charge in [0.25, 0.3) is 0 Å². The first-order valence-electron chi connectivity index (χ1n) is 6.26. The highest BCUT2D eigenvalue weighted by Gasteiger charge is 2.08. The lowest BCUT2D eigenvalue weighted by Crippen LogP contribution is -1.98. The number of fused-ring (bicyclic) bond motifs is 1. The van der Waals surface area contributed by atoms with Crippen molar-refractivity contribution in [3.05, 3.63) is 30.3 Å². The smallest absolute Gasteiger partial charge is 0.161 e. The summed E-state index contributed by atoms with van der Waals surface area (Å²) >= 11 is 0.925. The van der Waals surface area contributed by atoms with Crippen LogP contribution in [0.5, 0.6) is 11.5 Å². The van der Waals surface area contributed by atoms with Crippen LogP contribution in [0.4, 0.5) is 0 Å². The summed E-state index contributed by atoms with van der Waals surface area (Å²) in [5, 5.41) is 13.8. The topological polar surface area (TPSA) is 57.2 Å². The van der Waals surface area contributed by atoms with Crippen LogP contribution in [0.1, 0.15) is 13.8 Å². The van der Waals surface area contributed by atoms with Crippen LogP contribution >= 0.6 is 12.0 Å². The molecule has 0 unspecified atom stereocenters. The number of hydrogen-bond donors (Lipinski definition) is 1. The zero-order chi connectivity index (χ0) is 14.4. The van der Waals surface area contributed by atoms with Gasteiger partial charge in [-0.15, -0.1) is 4.33 Å². The minimum Gasteiger partial charge on any atom is -0.490 e. The maximum absolute atomic E-state index is 8.17. The molecule has 2 aromatic rings. The van der Waals surface area contributed by atoms with E-state index < -0.39 is 0 Å². The molecule has 0 aliphatic rings. The van der Waals surface area contributed by atoms with Crippen LogP contribution in [0.2, 0.25) is 0 Å². The Bertz CT molecular complexity index is 573. The van der Waals surface area contributed by atoms with Crippen molar-refractivity contribution in [1.82, 2.24) is 0 Å². The van der Waals surface area contributed by atoms with Crippen LogP contribution in [0.3, 0.4) is 0 Å². The van der Waals surface area contributed by atoms with Gasteiger partial charge in [-0.05, 0) is 48.9 Å². The predicted molar refractivity (Wildman–Crippen MR) is 76.9 cm³/mol. The molecular weight excluding hydrogens is 280 g/mol. The third-order valence-corrected chi connectivity index (χ3v) is 3.21. The number of hydrogen-bond acceptors (Lipinski definition) is 6. The molecule has 0 aliphatic carbocycles. The predicted octanol–water partition coefficient (Wildman–Crippen LogP) is 4.07. The fraction of sp³-hybridized carbons (Fsp3) is 0.286. The number of rotatable bonds is 7. The summed E-state index contributed by atoms with van der Waals surface area (Å²) in [5.41, 5.74) is 0. The molecule has 0 saturated carbocycles. The molecule has 0 amide bonds. The lowest BCUT2D eigenvalue weighted by Gasteiger charge is -2.12. The molecule has 5 nitrogen and oxygen atoms in total. The average molecular weight is 296 g/mol. The first-order chi connectivity index (χ1) is 9.78. The van der Waals surface area contributed by atoms with Crippen molar-refractivity contribution in [2.45, 2.75) is 18.7 Å². The van der Waals surface area contributed by atoms with Crippen LogP contribution in [-0.4, -0.2) is 18.5 Å². The summed E-state index contributed by atoms with van der Waals surface area (Å²) in [6.45, 7) is 5.02. The van der Waals surface area contributed by atoms with Crippen molar-refractivity contribution in [2.24, 2.45) is 0 Å². The molecule has 0 aliphatic heterocycles. The van der Waals surface area contributed by atoms with E-state index in [1.54, 1.807) is 0 Å². The summed E-state index contributed by atoms with van der Waals surface area (Å²) < 4.78 is 15.6. The molecule has 1 N–H and O–H groups in total. The molecular formula is C14H16O5S. The van der Waals surface area contributed by atoms with Crippen molar-refractivity contribution in [3.63, 3.8) is 0 Å². The summed E-state index contributed by atoms with van der Waals surface area (Å²) in [6, 6.07) is 9.59. The van der Waals surface area contributed by atoms with Crippen molar-refractivity contribution in [2.75, 3.05) is 13.2 Å². The van der Waals surface area contributed by atoms with E-state index in [0.29, 0.717) is 19.0 Å². The SMILES string of the molecule is CCOc1cc2ccc(SOOO)cc2cc1OCC. The minimum atomic E-state index is 0.571. The lowest BCUT2D eigenvalue weighted by atomic mass is 10.1. The van der Waals surface area contributed by atoms with Gasteiger partial charge in [-0.3, -0.25) is 0 Å². The highest BCUT2D eigenvalue weighted by Crippen LogP contribution is 2.34. The second kappa shape index (κ2) is 7.35. The molecule has 0 spiro atoms. The van der Waals surface area contributed by atoms with Crippen LogP contribution in [0.15, 0.2) is 35.2 Å². The normalized spacial score (nSPS) is 10.8. The second-order valence-corrected chi connectivity index (χ2v) is 4.67. The summed E-state index contributed by atoms with van der Waals surface area (Å²) in [7, 11) is 0. The quantitative estimate of drug-likeness (QED) is 0.472. The van der Waals surface area contributed by atoms with Crippen LogP contribution in [-0.2, 0) is 9.37 Å². The van der Waals surface area contributed by atoms with Crippen molar-refractivity contribution in [3.8, 4) is 11.5 Å². The first-order valence-corrected chi connectivity index (χ1v) is 7.00. The molecule has 0 radical (unpaired) electrons. The van der Waals surface area contributed by atoms with Crippen molar-refractivity contribution >= 4 is 22.8 Å². The monoisotopic (exact) mass is 296 g/mol. The summed E-state index contributed by atoms with van der Waals surface area (Å²) in [6.07, 6.45) is 0. The van der Waals surface area contributed by atoms with Gasteiger partial charge in [-0.2, -0.15) is 0 Å². The Morgan fingerprint density at radius 2 is 1.60 bits per heavy atom. The van der Waals surface area contributed by atoms with E-state index in [9.17, 15) is 0 Å². The van der Waals surface area contributed by atoms with Crippen LogP contribution in [0, 0.1) is 0 Å². The molecule has 2 aromatic carbocycles. The fourth-order valence-electron chi connectivity index (χ4n) is 1.88. The summed E-state index contributed by atoms with van der Waals surface area (Å²) in [4.78, 5) is 0.804. The van der Waals surface area contributed by atoms with Gasteiger partial charge >= 0.3 is 0 Å². The van der Waals surface area contributed by atoms with Gasteiger partial charge in [0.05, 0.1) is 25.3 Å². The Balaban J connectivity index is 2.39. The van der Waals surface area contributed by atoms with Gasteiger partial charge in [0.15, 0.2) is 11.5 Å². The molecule has 2 rings (SSSR count). The Morgan fingerprint density at radius 3 is 2.20 bits per heavy atom. The highest BCUT2D eigenvalue weighted by molar-refractivity contribution is 7.94. The van der Waals surface area contributed by atoms with E-state index in [0.717, 1.165) is 33.5 Å². The summed E-state index contributed by atoms with van der Waals surface area (Å²) in [5.74, 6) is 1.44. The van der Waals surface area contributed by atoms with E-state index in [1.807, 2.05) is 44.2 Å². The highest BCUT2D eigenvalue weighted by atomic mass is 32.2. The Morgan fingerprint density at radius 1 is 0.950 bits per heavy atom. The van der Waals surface area contributed by atoms with E-state index in [4.69, 9.17) is 14.7 Å². The molecule has 0 atom stereocenters. The second-order valence-electron chi connectivity index (χ2n) is 3.90. The first kappa shape index (κ1) is 14.9. The number of benzene rings is 2. The zero-order valence-corrected chi connectivity index (χ0v) is 12.1. The molecule has 6 heteroatoms.